The largest absolute Gasteiger partial charge is 0.494 e. The molecule has 0 radical (unpaired) electrons. The van der Waals surface area contributed by atoms with Crippen LogP contribution in [0.1, 0.15) is 40.8 Å². The van der Waals surface area contributed by atoms with E-state index in [1.807, 2.05) is 111 Å². The molecule has 1 aliphatic rings. The Morgan fingerprint density at radius 3 is 2.24 bits per heavy atom. The Hall–Kier alpha value is -5.10. The molecule has 1 unspecified atom stereocenters. The number of hydrogen-bond acceptors (Lipinski definition) is 4. The van der Waals surface area contributed by atoms with Crippen LogP contribution in [0.2, 0.25) is 0 Å². The minimum absolute atomic E-state index is 0.151. The first-order chi connectivity index (χ1) is 20.5. The van der Waals surface area contributed by atoms with Gasteiger partial charge in [0.25, 0.3) is 5.56 Å². The summed E-state index contributed by atoms with van der Waals surface area (Å²) in [5.41, 5.74) is 6.93. The first-order valence-corrected chi connectivity index (χ1v) is 14.2. The molecule has 0 fully saturated rings. The summed E-state index contributed by atoms with van der Waals surface area (Å²) in [5, 5.41) is 0. The Balaban J connectivity index is 1.56. The fraction of sp³-hybridized carbons (Fsp3) is 0.167. The lowest BCUT2D eigenvalue weighted by Crippen LogP contribution is -2.19. The zero-order chi connectivity index (χ0) is 29.2. The van der Waals surface area contributed by atoms with Gasteiger partial charge in [0.2, 0.25) is 0 Å². The predicted octanol–water partition coefficient (Wildman–Crippen LogP) is 7.53. The fourth-order valence-electron chi connectivity index (χ4n) is 5.59. The molecule has 6 heteroatoms. The van der Waals surface area contributed by atoms with Crippen LogP contribution >= 0.6 is 0 Å². The van der Waals surface area contributed by atoms with E-state index in [1.54, 1.807) is 4.68 Å². The minimum Gasteiger partial charge on any atom is -0.494 e. The summed E-state index contributed by atoms with van der Waals surface area (Å²) in [5.74, 6) is 2.15. The van der Waals surface area contributed by atoms with Crippen LogP contribution in [-0.4, -0.2) is 22.2 Å². The van der Waals surface area contributed by atoms with E-state index in [0.29, 0.717) is 18.1 Å². The molecule has 0 amide bonds. The molecular weight excluding hydrogens is 522 g/mol. The van der Waals surface area contributed by atoms with E-state index in [9.17, 15) is 4.79 Å². The average molecular weight is 556 g/mol. The molecule has 4 aromatic carbocycles. The highest BCUT2D eigenvalue weighted by Gasteiger charge is 2.32. The molecule has 210 valence electrons. The SMILES string of the molecule is CCOc1ccc(C2=C(C=Nc3c(C)n(C)n(-c4ccccc4)c3=O)C(c3ccccc3C)c3ccccc3O2)cc1. The van der Waals surface area contributed by atoms with Gasteiger partial charge in [-0.05, 0) is 74.4 Å². The van der Waals surface area contributed by atoms with Crippen molar-refractivity contribution in [1.29, 1.82) is 0 Å². The van der Waals surface area contributed by atoms with Crippen molar-refractivity contribution in [3.8, 4) is 17.2 Å². The lowest BCUT2D eigenvalue weighted by molar-refractivity contribution is 0.340. The molecule has 6 nitrogen and oxygen atoms in total. The number of benzene rings is 4. The third kappa shape index (κ3) is 4.85. The Bertz CT molecular complexity index is 1860. The van der Waals surface area contributed by atoms with Crippen molar-refractivity contribution in [2.45, 2.75) is 26.7 Å². The maximum absolute atomic E-state index is 13.7. The first kappa shape index (κ1) is 27.1. The second-order valence-corrected chi connectivity index (χ2v) is 10.3. The summed E-state index contributed by atoms with van der Waals surface area (Å²) in [4.78, 5) is 18.6. The maximum atomic E-state index is 13.7. The van der Waals surface area contributed by atoms with Gasteiger partial charge in [0, 0.05) is 35.9 Å². The molecule has 1 aliphatic heterocycles. The van der Waals surface area contributed by atoms with Gasteiger partial charge in [0.05, 0.1) is 18.0 Å². The predicted molar refractivity (Wildman–Crippen MR) is 169 cm³/mol. The van der Waals surface area contributed by atoms with Crippen molar-refractivity contribution in [1.82, 2.24) is 9.36 Å². The highest BCUT2D eigenvalue weighted by Crippen LogP contribution is 2.46. The van der Waals surface area contributed by atoms with E-state index in [2.05, 4.69) is 31.2 Å². The van der Waals surface area contributed by atoms with E-state index in [0.717, 1.165) is 45.1 Å². The zero-order valence-electron chi connectivity index (χ0n) is 24.2. The van der Waals surface area contributed by atoms with Gasteiger partial charge >= 0.3 is 0 Å². The van der Waals surface area contributed by atoms with Gasteiger partial charge < -0.3 is 9.47 Å². The van der Waals surface area contributed by atoms with Crippen LogP contribution in [0.5, 0.6) is 11.5 Å². The van der Waals surface area contributed by atoms with Crippen LogP contribution < -0.4 is 15.0 Å². The second-order valence-electron chi connectivity index (χ2n) is 10.3. The molecule has 0 saturated carbocycles. The van der Waals surface area contributed by atoms with Gasteiger partial charge in [-0.25, -0.2) is 9.67 Å². The van der Waals surface area contributed by atoms with Crippen molar-refractivity contribution >= 4 is 17.7 Å². The van der Waals surface area contributed by atoms with Gasteiger partial charge in [-0.1, -0.05) is 60.7 Å². The number of aryl methyl sites for hydroxylation is 1. The van der Waals surface area contributed by atoms with Crippen LogP contribution in [0.3, 0.4) is 0 Å². The molecule has 5 aromatic rings. The van der Waals surface area contributed by atoms with Gasteiger partial charge in [-0.3, -0.25) is 9.48 Å². The molecule has 0 bridgehead atoms. The van der Waals surface area contributed by atoms with Gasteiger partial charge in [0.1, 0.15) is 17.3 Å². The second kappa shape index (κ2) is 11.4. The zero-order valence-corrected chi connectivity index (χ0v) is 24.2. The van der Waals surface area contributed by atoms with Crippen molar-refractivity contribution in [2.24, 2.45) is 12.0 Å². The molecule has 0 spiro atoms. The number of rotatable bonds is 7. The smallest absolute Gasteiger partial charge is 0.297 e. The Kier molecular flexibility index (Phi) is 7.36. The third-order valence-electron chi connectivity index (χ3n) is 7.80. The molecule has 0 saturated heterocycles. The number of allylic oxidation sites excluding steroid dienone is 1. The average Bonchev–Trinajstić information content (AvgIpc) is 3.23. The molecule has 1 atom stereocenters. The van der Waals surface area contributed by atoms with Gasteiger partial charge in [-0.15, -0.1) is 0 Å². The van der Waals surface area contributed by atoms with Crippen LogP contribution in [-0.2, 0) is 7.05 Å². The van der Waals surface area contributed by atoms with Crippen molar-refractivity contribution in [3.05, 3.63) is 147 Å². The summed E-state index contributed by atoms with van der Waals surface area (Å²) >= 11 is 0. The number of aromatic nitrogens is 2. The third-order valence-corrected chi connectivity index (χ3v) is 7.80. The van der Waals surface area contributed by atoms with Gasteiger partial charge in [-0.2, -0.15) is 0 Å². The summed E-state index contributed by atoms with van der Waals surface area (Å²) in [6.45, 7) is 6.60. The summed E-state index contributed by atoms with van der Waals surface area (Å²) in [7, 11) is 1.88. The lowest BCUT2D eigenvalue weighted by Gasteiger charge is -2.30. The quantitative estimate of drug-likeness (QED) is 0.195. The highest BCUT2D eigenvalue weighted by atomic mass is 16.5. The number of fused-ring (bicyclic) bond motifs is 1. The molecule has 2 heterocycles. The number of hydrogen-bond donors (Lipinski definition) is 0. The Morgan fingerprint density at radius 2 is 1.52 bits per heavy atom. The molecule has 6 rings (SSSR count). The molecule has 42 heavy (non-hydrogen) atoms. The van der Waals surface area contributed by atoms with Crippen LogP contribution in [0.4, 0.5) is 5.69 Å². The molecule has 1 aromatic heterocycles. The number of ether oxygens (including phenoxy) is 2. The van der Waals surface area contributed by atoms with Crippen LogP contribution in [0.15, 0.2) is 118 Å². The topological polar surface area (TPSA) is 57.8 Å². The molecular formula is C36H33N3O3. The van der Waals surface area contributed by atoms with Crippen molar-refractivity contribution < 1.29 is 9.47 Å². The van der Waals surface area contributed by atoms with Crippen molar-refractivity contribution in [2.75, 3.05) is 6.61 Å². The van der Waals surface area contributed by atoms with E-state index in [-0.39, 0.29) is 11.5 Å². The Morgan fingerprint density at radius 1 is 0.857 bits per heavy atom. The number of aliphatic imine (C=N–C) groups is 1. The molecule has 0 aliphatic carbocycles. The Labute approximate surface area is 245 Å². The highest BCUT2D eigenvalue weighted by molar-refractivity contribution is 5.95. The number of para-hydroxylation sites is 2. The lowest BCUT2D eigenvalue weighted by atomic mass is 9.80. The summed E-state index contributed by atoms with van der Waals surface area (Å²) < 4.78 is 15.8. The van der Waals surface area contributed by atoms with Crippen LogP contribution in [0.25, 0.3) is 11.4 Å². The first-order valence-electron chi connectivity index (χ1n) is 14.2. The fourth-order valence-corrected chi connectivity index (χ4v) is 5.59. The summed E-state index contributed by atoms with van der Waals surface area (Å²) in [6.07, 6.45) is 1.82. The standard InChI is InChI=1S/C36H33N3O3/c1-5-41-28-21-19-26(20-22-28)35-31(23-37-34-25(3)38(4)39(36(34)40)27-14-7-6-8-15-27)33(29-16-10-9-13-24(29)2)30-17-11-12-18-32(30)42-35/h6-23,33H,5H2,1-4H3. The van der Waals surface area contributed by atoms with Crippen LogP contribution in [0, 0.1) is 13.8 Å². The maximum Gasteiger partial charge on any atom is 0.297 e. The van der Waals surface area contributed by atoms with Gasteiger partial charge in [0.15, 0.2) is 5.69 Å². The normalized spacial score (nSPS) is 14.6. The minimum atomic E-state index is -0.176. The number of nitrogens with zero attached hydrogens (tertiary/aromatic N) is 3. The van der Waals surface area contributed by atoms with E-state index < -0.39 is 0 Å². The molecule has 0 N–H and O–H groups in total. The summed E-state index contributed by atoms with van der Waals surface area (Å²) in [6, 6.07) is 34.0. The monoisotopic (exact) mass is 555 g/mol. The van der Waals surface area contributed by atoms with E-state index >= 15 is 0 Å². The van der Waals surface area contributed by atoms with Crippen molar-refractivity contribution in [3.63, 3.8) is 0 Å². The van der Waals surface area contributed by atoms with E-state index in [4.69, 9.17) is 14.5 Å². The van der Waals surface area contributed by atoms with E-state index in [1.165, 1.54) is 5.56 Å².